The third-order valence-electron chi connectivity index (χ3n) is 3.31. The van der Waals surface area contributed by atoms with E-state index in [0.29, 0.717) is 5.75 Å². The maximum absolute atomic E-state index is 11.6. The molecule has 18 heavy (non-hydrogen) atoms. The Kier molecular flexibility index (Phi) is 2.84. The second kappa shape index (κ2) is 3.97. The summed E-state index contributed by atoms with van der Waals surface area (Å²) in [5.74, 6) is 0.207. The van der Waals surface area contributed by atoms with Gasteiger partial charge < -0.3 is 10.5 Å². The van der Waals surface area contributed by atoms with E-state index >= 15 is 0 Å². The lowest BCUT2D eigenvalue weighted by atomic mass is 10.1. The van der Waals surface area contributed by atoms with E-state index in [0.717, 1.165) is 11.8 Å². The molecule has 1 aliphatic rings. The zero-order valence-corrected chi connectivity index (χ0v) is 10.9. The first-order valence-electron chi connectivity index (χ1n) is 5.37. The zero-order chi connectivity index (χ0) is 13.6. The molecule has 0 saturated heterocycles. The summed E-state index contributed by atoms with van der Waals surface area (Å²) in [5.41, 5.74) is 5.28. The third-order valence-corrected chi connectivity index (χ3v) is 4.89. The van der Waals surface area contributed by atoms with E-state index in [2.05, 4.69) is 0 Å². The highest BCUT2D eigenvalue weighted by Crippen LogP contribution is 2.53. The van der Waals surface area contributed by atoms with Crippen LogP contribution < -0.4 is 10.5 Å². The van der Waals surface area contributed by atoms with Crippen LogP contribution in [0.15, 0.2) is 24.3 Å². The molecular formula is C12H14N2O3S. The molecule has 0 heterocycles. The van der Waals surface area contributed by atoms with E-state index < -0.39 is 26.5 Å². The molecule has 1 saturated carbocycles. The van der Waals surface area contributed by atoms with Crippen molar-refractivity contribution in [2.75, 3.05) is 13.4 Å². The Bertz CT molecular complexity index is 603. The van der Waals surface area contributed by atoms with Gasteiger partial charge in [0.1, 0.15) is 16.5 Å². The molecule has 96 valence electrons. The van der Waals surface area contributed by atoms with Crippen molar-refractivity contribution in [2.24, 2.45) is 5.73 Å². The summed E-state index contributed by atoms with van der Waals surface area (Å²) in [7, 11) is -1.79. The van der Waals surface area contributed by atoms with Crippen LogP contribution in [0.5, 0.6) is 5.75 Å². The lowest BCUT2D eigenvalue weighted by molar-refractivity contribution is 0.414. The van der Waals surface area contributed by atoms with E-state index in [4.69, 9.17) is 15.7 Å². The van der Waals surface area contributed by atoms with Gasteiger partial charge in [-0.2, -0.15) is 5.26 Å². The number of nitriles is 1. The predicted octanol–water partition coefficient (Wildman–Crippen LogP) is 0.427. The fraction of sp³-hybridized carbons (Fsp3) is 0.417. The number of rotatable bonds is 3. The summed E-state index contributed by atoms with van der Waals surface area (Å²) < 4.78 is 28.3. The molecule has 0 radical (unpaired) electrons. The minimum atomic E-state index is -3.34. The number of ether oxygens (including phenoxy) is 1. The normalized spacial score (nSPS) is 30.6. The molecule has 2 rings (SSSR count). The molecule has 0 unspecified atom stereocenters. The van der Waals surface area contributed by atoms with Crippen LogP contribution >= 0.6 is 0 Å². The van der Waals surface area contributed by atoms with Crippen LogP contribution in [0.4, 0.5) is 0 Å². The molecule has 1 fully saturated rings. The number of hydrogen-bond donors (Lipinski definition) is 1. The minimum Gasteiger partial charge on any atom is -0.497 e. The largest absolute Gasteiger partial charge is 0.497 e. The molecule has 1 aromatic rings. The molecule has 0 amide bonds. The smallest absolute Gasteiger partial charge is 0.153 e. The van der Waals surface area contributed by atoms with Crippen molar-refractivity contribution < 1.29 is 13.2 Å². The van der Waals surface area contributed by atoms with E-state index in [9.17, 15) is 8.42 Å². The van der Waals surface area contributed by atoms with Gasteiger partial charge in [0, 0.05) is 12.2 Å². The van der Waals surface area contributed by atoms with Crippen LogP contribution in [0, 0.1) is 11.3 Å². The quantitative estimate of drug-likeness (QED) is 0.856. The van der Waals surface area contributed by atoms with Gasteiger partial charge in [-0.05, 0) is 17.7 Å². The Hall–Kier alpha value is -1.58. The molecule has 0 bridgehead atoms. The van der Waals surface area contributed by atoms with Crippen LogP contribution in [-0.4, -0.2) is 32.6 Å². The third kappa shape index (κ3) is 1.85. The highest BCUT2D eigenvalue weighted by molar-refractivity contribution is 7.91. The van der Waals surface area contributed by atoms with Crippen molar-refractivity contribution in [2.45, 2.75) is 16.7 Å². The van der Waals surface area contributed by atoms with Gasteiger partial charge in [-0.25, -0.2) is 8.42 Å². The van der Waals surface area contributed by atoms with Gasteiger partial charge in [0.2, 0.25) is 0 Å². The average Bonchev–Trinajstić information content (AvgIpc) is 2.97. The van der Waals surface area contributed by atoms with Gasteiger partial charge in [-0.3, -0.25) is 0 Å². The second-order valence-corrected chi connectivity index (χ2v) is 6.71. The molecule has 0 aliphatic heterocycles. The molecule has 1 aliphatic carbocycles. The first-order chi connectivity index (χ1) is 8.34. The molecular weight excluding hydrogens is 252 g/mol. The van der Waals surface area contributed by atoms with E-state index in [1.807, 2.05) is 6.07 Å². The monoisotopic (exact) mass is 266 g/mol. The fourth-order valence-corrected chi connectivity index (χ4v) is 4.08. The van der Waals surface area contributed by atoms with Gasteiger partial charge in [-0.1, -0.05) is 12.1 Å². The second-order valence-electron chi connectivity index (χ2n) is 4.55. The van der Waals surface area contributed by atoms with Gasteiger partial charge >= 0.3 is 0 Å². The highest BCUT2D eigenvalue weighted by Gasteiger charge is 2.69. The SMILES string of the molecule is COc1ccc([C@@H]2[C@H](S(C)(=O)=O)[C@@]2(N)C#N)cc1. The van der Waals surface area contributed by atoms with Crippen LogP contribution in [0.2, 0.25) is 0 Å². The molecule has 3 atom stereocenters. The Labute approximate surface area is 106 Å². The maximum Gasteiger partial charge on any atom is 0.153 e. The zero-order valence-electron chi connectivity index (χ0n) is 10.1. The lowest BCUT2D eigenvalue weighted by Crippen LogP contribution is -2.28. The Morgan fingerprint density at radius 2 is 1.94 bits per heavy atom. The van der Waals surface area contributed by atoms with Crippen molar-refractivity contribution in [3.63, 3.8) is 0 Å². The standard InChI is InChI=1S/C12H14N2O3S/c1-17-9-5-3-8(4-6-9)10-11(18(2,15)16)12(10,14)7-13/h3-6,10-11H,14H2,1-2H3/t10-,11+,12-/m1/s1. The van der Waals surface area contributed by atoms with Crippen molar-refractivity contribution in [1.82, 2.24) is 0 Å². The van der Waals surface area contributed by atoms with Crippen LogP contribution in [0.3, 0.4) is 0 Å². The number of nitrogens with two attached hydrogens (primary N) is 1. The fourth-order valence-electron chi connectivity index (χ4n) is 2.37. The molecule has 2 N–H and O–H groups in total. The summed E-state index contributed by atoms with van der Waals surface area (Å²) in [5, 5.41) is 8.24. The molecule has 0 spiro atoms. The maximum atomic E-state index is 11.6. The number of nitrogens with zero attached hydrogens (tertiary/aromatic N) is 1. The topological polar surface area (TPSA) is 93.2 Å². The van der Waals surface area contributed by atoms with Crippen LogP contribution in [0.1, 0.15) is 11.5 Å². The number of sulfone groups is 1. The minimum absolute atomic E-state index is 0.469. The number of benzene rings is 1. The molecule has 0 aromatic heterocycles. The predicted molar refractivity (Wildman–Crippen MR) is 66.9 cm³/mol. The summed E-state index contributed by atoms with van der Waals surface area (Å²) in [6, 6.07) is 8.86. The van der Waals surface area contributed by atoms with Gasteiger partial charge in [0.05, 0.1) is 13.2 Å². The lowest BCUT2D eigenvalue weighted by Gasteiger charge is -2.03. The molecule has 1 aromatic carbocycles. The summed E-state index contributed by atoms with van der Waals surface area (Å²) in [6.45, 7) is 0. The Morgan fingerprint density at radius 3 is 2.28 bits per heavy atom. The summed E-state index contributed by atoms with van der Waals surface area (Å²) >= 11 is 0. The molecule has 6 heteroatoms. The highest BCUT2D eigenvalue weighted by atomic mass is 32.2. The summed E-state index contributed by atoms with van der Waals surface area (Å²) in [6.07, 6.45) is 1.11. The van der Waals surface area contributed by atoms with E-state index in [1.54, 1.807) is 31.4 Å². The Balaban J connectivity index is 2.37. The van der Waals surface area contributed by atoms with Crippen molar-refractivity contribution in [1.29, 1.82) is 5.26 Å². The van der Waals surface area contributed by atoms with Crippen molar-refractivity contribution in [3.8, 4) is 11.8 Å². The summed E-state index contributed by atoms with van der Waals surface area (Å²) in [4.78, 5) is 0. The van der Waals surface area contributed by atoms with E-state index in [-0.39, 0.29) is 0 Å². The first kappa shape index (κ1) is 12.9. The van der Waals surface area contributed by atoms with E-state index in [1.165, 1.54) is 0 Å². The average molecular weight is 266 g/mol. The Morgan fingerprint density at radius 1 is 1.39 bits per heavy atom. The van der Waals surface area contributed by atoms with Crippen molar-refractivity contribution >= 4 is 9.84 Å². The van der Waals surface area contributed by atoms with Gasteiger partial charge in [0.25, 0.3) is 0 Å². The molecule has 5 nitrogen and oxygen atoms in total. The first-order valence-corrected chi connectivity index (χ1v) is 7.33. The van der Waals surface area contributed by atoms with Gasteiger partial charge in [0.15, 0.2) is 9.84 Å². The number of methoxy groups -OCH3 is 1. The van der Waals surface area contributed by atoms with Crippen LogP contribution in [-0.2, 0) is 9.84 Å². The van der Waals surface area contributed by atoms with Crippen LogP contribution in [0.25, 0.3) is 0 Å². The van der Waals surface area contributed by atoms with Gasteiger partial charge in [-0.15, -0.1) is 0 Å². The number of hydrogen-bond acceptors (Lipinski definition) is 5. The van der Waals surface area contributed by atoms with Crippen molar-refractivity contribution in [3.05, 3.63) is 29.8 Å².